The van der Waals surface area contributed by atoms with Gasteiger partial charge in [-0.25, -0.2) is 4.90 Å². The van der Waals surface area contributed by atoms with Crippen LogP contribution in [0.15, 0.2) is 54.2 Å². The molecule has 2 aliphatic rings. The smallest absolute Gasteiger partial charge is 0.282 e. The van der Waals surface area contributed by atoms with Crippen molar-refractivity contribution in [2.75, 3.05) is 58.5 Å². The van der Waals surface area contributed by atoms with Gasteiger partial charge in [0.25, 0.3) is 11.8 Å². The molecule has 2 aromatic rings. The quantitative estimate of drug-likeness (QED) is 0.659. The summed E-state index contributed by atoms with van der Waals surface area (Å²) in [6.07, 6.45) is 0. The summed E-state index contributed by atoms with van der Waals surface area (Å²) in [5.74, 6) is 0.455. The van der Waals surface area contributed by atoms with Crippen LogP contribution in [0.2, 0.25) is 0 Å². The van der Waals surface area contributed by atoms with Gasteiger partial charge < -0.3 is 19.5 Å². The molecule has 1 saturated heterocycles. The highest BCUT2D eigenvalue weighted by molar-refractivity contribution is 6.45. The number of amides is 2. The molecule has 32 heavy (non-hydrogen) atoms. The van der Waals surface area contributed by atoms with Crippen LogP contribution in [0.4, 0.5) is 5.69 Å². The average Bonchev–Trinajstić information content (AvgIpc) is 3.09. The number of benzene rings is 2. The number of imide groups is 1. The van der Waals surface area contributed by atoms with E-state index in [9.17, 15) is 14.7 Å². The van der Waals surface area contributed by atoms with Gasteiger partial charge in [0.1, 0.15) is 17.2 Å². The van der Waals surface area contributed by atoms with Gasteiger partial charge in [0.15, 0.2) is 0 Å². The fourth-order valence-corrected chi connectivity index (χ4v) is 4.21. The molecule has 2 aliphatic heterocycles. The Morgan fingerprint density at radius 2 is 1.56 bits per heavy atom. The highest BCUT2D eigenvalue weighted by Crippen LogP contribution is 2.38. The highest BCUT2D eigenvalue weighted by Gasteiger charge is 2.43. The highest BCUT2D eigenvalue weighted by atomic mass is 16.5. The van der Waals surface area contributed by atoms with Crippen molar-refractivity contribution in [3.63, 3.8) is 0 Å². The number of hydrogen-bond donors (Lipinski definition) is 1. The van der Waals surface area contributed by atoms with Crippen LogP contribution in [0.1, 0.15) is 5.56 Å². The van der Waals surface area contributed by atoms with E-state index in [0.717, 1.165) is 0 Å². The zero-order valence-corrected chi connectivity index (χ0v) is 18.3. The number of ether oxygens (including phenoxy) is 2. The van der Waals surface area contributed by atoms with Crippen molar-refractivity contribution in [2.45, 2.75) is 0 Å². The number of para-hydroxylation sites is 1. The van der Waals surface area contributed by atoms with Gasteiger partial charge in [-0.15, -0.1) is 0 Å². The van der Waals surface area contributed by atoms with E-state index in [4.69, 9.17) is 9.47 Å². The molecule has 8 nitrogen and oxygen atoms in total. The topological polar surface area (TPSA) is 82.6 Å². The van der Waals surface area contributed by atoms with E-state index in [1.165, 1.54) is 4.90 Å². The summed E-state index contributed by atoms with van der Waals surface area (Å²) >= 11 is 0. The van der Waals surface area contributed by atoms with Crippen LogP contribution >= 0.6 is 0 Å². The SMILES string of the molecule is COc1ccc(N2C(=O)C(c3ccccc3OC)=C(N3CCN(CCO)CC3)C2=O)cc1. The first-order valence-corrected chi connectivity index (χ1v) is 10.6. The van der Waals surface area contributed by atoms with Gasteiger partial charge in [-0.3, -0.25) is 14.5 Å². The molecule has 4 rings (SSSR count). The number of aliphatic hydroxyl groups is 1. The summed E-state index contributed by atoms with van der Waals surface area (Å²) < 4.78 is 10.7. The molecule has 0 radical (unpaired) electrons. The first-order chi connectivity index (χ1) is 15.6. The number of piperazine rings is 1. The Morgan fingerprint density at radius 1 is 0.875 bits per heavy atom. The van der Waals surface area contributed by atoms with Crippen molar-refractivity contribution < 1.29 is 24.2 Å². The van der Waals surface area contributed by atoms with Gasteiger partial charge in [-0.05, 0) is 30.3 Å². The lowest BCUT2D eigenvalue weighted by molar-refractivity contribution is -0.120. The zero-order valence-electron chi connectivity index (χ0n) is 18.3. The number of anilines is 1. The summed E-state index contributed by atoms with van der Waals surface area (Å²) in [6, 6.07) is 14.1. The average molecular weight is 437 g/mol. The first-order valence-electron chi connectivity index (χ1n) is 10.6. The fraction of sp³-hybridized carbons (Fsp3) is 0.333. The fourth-order valence-electron chi connectivity index (χ4n) is 4.21. The van der Waals surface area contributed by atoms with Crippen LogP contribution in [0.5, 0.6) is 11.5 Å². The number of nitrogens with zero attached hydrogens (tertiary/aromatic N) is 3. The van der Waals surface area contributed by atoms with Gasteiger partial charge in [0, 0.05) is 38.3 Å². The van der Waals surface area contributed by atoms with Gasteiger partial charge in [0.2, 0.25) is 0 Å². The second-order valence-corrected chi connectivity index (χ2v) is 7.62. The molecule has 0 aromatic heterocycles. The third kappa shape index (κ3) is 3.94. The summed E-state index contributed by atoms with van der Waals surface area (Å²) in [5.41, 5.74) is 1.82. The number of methoxy groups -OCH3 is 2. The molecule has 1 N–H and O–H groups in total. The number of carbonyl (C=O) groups excluding carboxylic acids is 2. The zero-order chi connectivity index (χ0) is 22.7. The number of rotatable bonds is 7. The molecule has 0 atom stereocenters. The van der Waals surface area contributed by atoms with Gasteiger partial charge in [0.05, 0.1) is 32.1 Å². The molecule has 2 heterocycles. The standard InChI is InChI=1S/C24H27N3O5/c1-31-18-9-7-17(8-10-18)27-23(29)21(19-5-3-4-6-20(19)32-2)22(24(27)30)26-13-11-25(12-14-26)15-16-28/h3-10,28H,11-16H2,1-2H3. The predicted octanol–water partition coefficient (Wildman–Crippen LogP) is 1.60. The van der Waals surface area contributed by atoms with Crippen molar-refractivity contribution in [2.24, 2.45) is 0 Å². The molecule has 8 heteroatoms. The lowest BCUT2D eigenvalue weighted by atomic mass is 10.0. The number of carbonyl (C=O) groups is 2. The monoisotopic (exact) mass is 437 g/mol. The minimum atomic E-state index is -0.377. The molecular weight excluding hydrogens is 410 g/mol. The van der Waals surface area contributed by atoms with Crippen molar-refractivity contribution >= 4 is 23.1 Å². The van der Waals surface area contributed by atoms with E-state index >= 15 is 0 Å². The van der Waals surface area contributed by atoms with Crippen molar-refractivity contribution in [3.8, 4) is 11.5 Å². The lowest BCUT2D eigenvalue weighted by Gasteiger charge is -2.36. The molecule has 168 valence electrons. The molecular formula is C24H27N3O5. The molecule has 0 bridgehead atoms. The van der Waals surface area contributed by atoms with E-state index in [-0.39, 0.29) is 18.4 Å². The predicted molar refractivity (Wildman–Crippen MR) is 120 cm³/mol. The Balaban J connectivity index is 1.76. The van der Waals surface area contributed by atoms with Crippen LogP contribution in [-0.4, -0.2) is 80.3 Å². The maximum Gasteiger partial charge on any atom is 0.282 e. The summed E-state index contributed by atoms with van der Waals surface area (Å²) in [4.78, 5) is 32.6. The largest absolute Gasteiger partial charge is 0.497 e. The maximum atomic E-state index is 13.6. The summed E-state index contributed by atoms with van der Waals surface area (Å²) in [7, 11) is 3.12. The number of aliphatic hydroxyl groups excluding tert-OH is 1. The Bertz CT molecular complexity index is 1030. The van der Waals surface area contributed by atoms with Crippen LogP contribution < -0.4 is 14.4 Å². The van der Waals surface area contributed by atoms with Crippen LogP contribution in [0, 0.1) is 0 Å². The Labute approximate surface area is 187 Å². The molecule has 2 amide bonds. The van der Waals surface area contributed by atoms with E-state index in [1.54, 1.807) is 50.6 Å². The van der Waals surface area contributed by atoms with Crippen LogP contribution in [0.3, 0.4) is 0 Å². The lowest BCUT2D eigenvalue weighted by Crippen LogP contribution is -2.48. The van der Waals surface area contributed by atoms with E-state index < -0.39 is 0 Å². The molecule has 0 saturated carbocycles. The minimum Gasteiger partial charge on any atom is -0.497 e. The maximum absolute atomic E-state index is 13.6. The number of β-amino-alcohol motifs (C(OH)–C–C–N with tert-alkyl or cyclic N) is 1. The third-order valence-electron chi connectivity index (χ3n) is 5.87. The van der Waals surface area contributed by atoms with Crippen molar-refractivity contribution in [1.82, 2.24) is 9.80 Å². The Morgan fingerprint density at radius 3 is 2.19 bits per heavy atom. The van der Waals surface area contributed by atoms with Crippen LogP contribution in [0.25, 0.3) is 5.57 Å². The molecule has 0 unspecified atom stereocenters. The minimum absolute atomic E-state index is 0.0951. The molecule has 2 aromatic carbocycles. The summed E-state index contributed by atoms with van der Waals surface area (Å²) in [5, 5.41) is 9.23. The second-order valence-electron chi connectivity index (χ2n) is 7.62. The van der Waals surface area contributed by atoms with Crippen molar-refractivity contribution in [1.29, 1.82) is 0 Å². The molecule has 0 spiro atoms. The Kier molecular flexibility index (Phi) is 6.43. The van der Waals surface area contributed by atoms with E-state index in [0.29, 0.717) is 66.7 Å². The molecule has 1 fully saturated rings. The van der Waals surface area contributed by atoms with Gasteiger partial charge >= 0.3 is 0 Å². The van der Waals surface area contributed by atoms with Gasteiger partial charge in [-0.2, -0.15) is 0 Å². The van der Waals surface area contributed by atoms with Gasteiger partial charge in [-0.1, -0.05) is 18.2 Å². The first kappa shape index (κ1) is 21.9. The normalized spacial score (nSPS) is 17.3. The van der Waals surface area contributed by atoms with E-state index in [1.807, 2.05) is 17.0 Å². The summed E-state index contributed by atoms with van der Waals surface area (Å²) in [6.45, 7) is 3.27. The second kappa shape index (κ2) is 9.42. The number of hydrogen-bond acceptors (Lipinski definition) is 7. The van der Waals surface area contributed by atoms with Crippen molar-refractivity contribution in [3.05, 3.63) is 59.8 Å². The third-order valence-corrected chi connectivity index (χ3v) is 5.87. The Hall–Kier alpha value is -3.36. The van der Waals surface area contributed by atoms with Crippen LogP contribution in [-0.2, 0) is 9.59 Å². The molecule has 0 aliphatic carbocycles. The van der Waals surface area contributed by atoms with E-state index in [2.05, 4.69) is 4.90 Å².